The number of aromatic nitrogens is 2. The van der Waals surface area contributed by atoms with Crippen molar-refractivity contribution in [2.24, 2.45) is 7.05 Å². The second-order valence-corrected chi connectivity index (χ2v) is 5.07. The number of carbonyl (C=O) groups excluding carboxylic acids is 1. The molecule has 8 heteroatoms. The summed E-state index contributed by atoms with van der Waals surface area (Å²) >= 11 is 0. The number of nitrogens with zero attached hydrogens (tertiary/aromatic N) is 3. The van der Waals surface area contributed by atoms with E-state index in [0.717, 1.165) is 0 Å². The molecule has 1 heterocycles. The van der Waals surface area contributed by atoms with Gasteiger partial charge in [0.05, 0.1) is 16.6 Å². The summed E-state index contributed by atoms with van der Waals surface area (Å²) < 4.78 is 15.4. The fraction of sp³-hybridized carbons (Fsp3) is 0.0625. The Morgan fingerprint density at radius 2 is 2.17 bits per heavy atom. The first kappa shape index (κ1) is 15.5. The van der Waals surface area contributed by atoms with Crippen LogP contribution in [0.25, 0.3) is 11.0 Å². The summed E-state index contributed by atoms with van der Waals surface area (Å²) in [7, 11) is 1.72. The van der Waals surface area contributed by atoms with E-state index in [4.69, 9.17) is 10.5 Å². The quantitative estimate of drug-likeness (QED) is 0.507. The van der Waals surface area contributed by atoms with E-state index < -0.39 is 11.7 Å². The van der Waals surface area contributed by atoms with Gasteiger partial charge in [-0.1, -0.05) is 6.07 Å². The van der Waals surface area contributed by atoms with Gasteiger partial charge in [0.15, 0.2) is 0 Å². The molecule has 0 unspecified atom stereocenters. The Hall–Kier alpha value is -3.44. The third kappa shape index (κ3) is 2.64. The van der Waals surface area contributed by atoms with Crippen LogP contribution in [0.15, 0.2) is 36.4 Å². The molecule has 3 N–H and O–H groups in total. The predicted molar refractivity (Wildman–Crippen MR) is 84.4 cm³/mol. The zero-order valence-corrected chi connectivity index (χ0v) is 12.5. The van der Waals surface area contributed by atoms with E-state index in [1.54, 1.807) is 41.4 Å². The highest BCUT2D eigenvalue weighted by molar-refractivity contribution is 5.94. The van der Waals surface area contributed by atoms with Crippen LogP contribution >= 0.6 is 0 Å². The molecule has 24 heavy (non-hydrogen) atoms. The topological polar surface area (TPSA) is 103 Å². The second-order valence-electron chi connectivity index (χ2n) is 5.07. The monoisotopic (exact) mass is 325 g/mol. The molecule has 0 aliphatic rings. The number of halogens is 1. The van der Waals surface area contributed by atoms with E-state index in [1.807, 2.05) is 0 Å². The summed E-state index contributed by atoms with van der Waals surface area (Å²) in [5, 5.41) is 20.6. The molecule has 0 bridgehead atoms. The van der Waals surface area contributed by atoms with Gasteiger partial charge < -0.3 is 9.88 Å². The maximum absolute atomic E-state index is 13.7. The molecule has 0 saturated carbocycles. The average Bonchev–Trinajstić information content (AvgIpc) is 2.88. The molecule has 0 aliphatic heterocycles. The van der Waals surface area contributed by atoms with Crippen molar-refractivity contribution in [3.8, 4) is 6.07 Å². The van der Waals surface area contributed by atoms with Crippen molar-refractivity contribution in [2.45, 2.75) is 0 Å². The first-order chi connectivity index (χ1) is 11.5. The van der Waals surface area contributed by atoms with Crippen molar-refractivity contribution in [1.82, 2.24) is 15.0 Å². The lowest BCUT2D eigenvalue weighted by molar-refractivity contribution is 0.0706. The summed E-state index contributed by atoms with van der Waals surface area (Å²) in [6.45, 7) is 0. The Morgan fingerprint density at radius 1 is 1.38 bits per heavy atom. The number of hydrogen-bond donors (Lipinski definition) is 3. The van der Waals surface area contributed by atoms with Crippen molar-refractivity contribution in [1.29, 1.82) is 5.26 Å². The standard InChI is InChI=1S/C16H12FN5O2/c1-22-14-6-10(8-18)12(17)7-13(14)20-16(22)19-11-4-2-3-9(5-11)15(23)21-24/h2-7,24H,1H3,(H,19,20)(H,21,23). The molecule has 3 rings (SSSR count). The molecular formula is C16H12FN5O2. The van der Waals surface area contributed by atoms with Crippen LogP contribution < -0.4 is 10.8 Å². The highest BCUT2D eigenvalue weighted by atomic mass is 19.1. The number of anilines is 2. The van der Waals surface area contributed by atoms with Gasteiger partial charge in [-0.05, 0) is 24.3 Å². The van der Waals surface area contributed by atoms with E-state index in [-0.39, 0.29) is 11.1 Å². The summed E-state index contributed by atoms with van der Waals surface area (Å²) in [4.78, 5) is 15.7. The van der Waals surface area contributed by atoms with Crippen molar-refractivity contribution in [3.05, 3.63) is 53.3 Å². The Kier molecular flexibility index (Phi) is 3.85. The largest absolute Gasteiger partial charge is 0.326 e. The first-order valence-electron chi connectivity index (χ1n) is 6.91. The number of imidazole rings is 1. The van der Waals surface area contributed by atoms with Crippen LogP contribution in [0.5, 0.6) is 0 Å². The lowest BCUT2D eigenvalue weighted by Crippen LogP contribution is -2.18. The Bertz CT molecular complexity index is 990. The molecule has 0 fully saturated rings. The predicted octanol–water partition coefficient (Wildman–Crippen LogP) is 2.45. The number of rotatable bonds is 3. The van der Waals surface area contributed by atoms with E-state index in [1.165, 1.54) is 18.2 Å². The number of nitrogens with one attached hydrogen (secondary N) is 2. The second kappa shape index (κ2) is 5.98. The SMILES string of the molecule is Cn1c(Nc2cccc(C(=O)NO)c2)nc2cc(F)c(C#N)cc21. The number of carbonyl (C=O) groups is 1. The van der Waals surface area contributed by atoms with Gasteiger partial charge in [0.1, 0.15) is 11.9 Å². The molecule has 1 amide bonds. The maximum Gasteiger partial charge on any atom is 0.274 e. The molecule has 0 atom stereocenters. The van der Waals surface area contributed by atoms with Crippen molar-refractivity contribution in [3.63, 3.8) is 0 Å². The Balaban J connectivity index is 2.01. The van der Waals surface area contributed by atoms with Crippen LogP contribution in [0.1, 0.15) is 15.9 Å². The third-order valence-electron chi connectivity index (χ3n) is 3.57. The molecule has 7 nitrogen and oxygen atoms in total. The maximum atomic E-state index is 13.7. The zero-order valence-electron chi connectivity index (χ0n) is 12.5. The number of hydrogen-bond acceptors (Lipinski definition) is 5. The highest BCUT2D eigenvalue weighted by Gasteiger charge is 2.13. The summed E-state index contributed by atoms with van der Waals surface area (Å²) in [5.41, 5.74) is 3.34. The van der Waals surface area contributed by atoms with Crippen LogP contribution in [-0.2, 0) is 7.05 Å². The number of nitriles is 1. The third-order valence-corrected chi connectivity index (χ3v) is 3.57. The fourth-order valence-corrected chi connectivity index (χ4v) is 2.34. The molecule has 0 saturated heterocycles. The Morgan fingerprint density at radius 3 is 2.88 bits per heavy atom. The van der Waals surface area contributed by atoms with Crippen LogP contribution in [0, 0.1) is 17.1 Å². The molecule has 0 aliphatic carbocycles. The van der Waals surface area contributed by atoms with Gasteiger partial charge in [-0.25, -0.2) is 14.9 Å². The minimum Gasteiger partial charge on any atom is -0.326 e. The minimum atomic E-state index is -0.635. The molecule has 2 aromatic carbocycles. The highest BCUT2D eigenvalue weighted by Crippen LogP contribution is 2.24. The number of amides is 1. The average molecular weight is 325 g/mol. The van der Waals surface area contributed by atoms with E-state index in [0.29, 0.717) is 22.7 Å². The lowest BCUT2D eigenvalue weighted by Gasteiger charge is -2.07. The number of benzene rings is 2. The molecule has 0 spiro atoms. The summed E-state index contributed by atoms with van der Waals surface area (Å²) in [6, 6.07) is 10.9. The van der Waals surface area contributed by atoms with Gasteiger partial charge in [0.2, 0.25) is 5.95 Å². The Labute approximate surface area is 135 Å². The van der Waals surface area contributed by atoms with Gasteiger partial charge >= 0.3 is 0 Å². The van der Waals surface area contributed by atoms with Crippen LogP contribution in [-0.4, -0.2) is 20.7 Å². The summed E-state index contributed by atoms with van der Waals surface area (Å²) in [6.07, 6.45) is 0. The van der Waals surface area contributed by atoms with Crippen molar-refractivity contribution in [2.75, 3.05) is 5.32 Å². The van der Waals surface area contributed by atoms with Gasteiger partial charge in [0, 0.05) is 24.4 Å². The van der Waals surface area contributed by atoms with Crippen molar-refractivity contribution < 1.29 is 14.4 Å². The molecule has 0 radical (unpaired) electrons. The molecule has 1 aromatic heterocycles. The smallest absolute Gasteiger partial charge is 0.274 e. The number of hydroxylamine groups is 1. The van der Waals surface area contributed by atoms with Crippen LogP contribution in [0.3, 0.4) is 0 Å². The first-order valence-corrected chi connectivity index (χ1v) is 6.91. The number of fused-ring (bicyclic) bond motifs is 1. The van der Waals surface area contributed by atoms with Crippen LogP contribution in [0.4, 0.5) is 16.0 Å². The van der Waals surface area contributed by atoms with Crippen LogP contribution in [0.2, 0.25) is 0 Å². The van der Waals surface area contributed by atoms with E-state index >= 15 is 0 Å². The van der Waals surface area contributed by atoms with Gasteiger partial charge in [-0.15, -0.1) is 0 Å². The fourth-order valence-electron chi connectivity index (χ4n) is 2.34. The van der Waals surface area contributed by atoms with Gasteiger partial charge in [-0.2, -0.15) is 5.26 Å². The molecule has 120 valence electrons. The zero-order chi connectivity index (χ0) is 17.3. The summed E-state index contributed by atoms with van der Waals surface area (Å²) in [5.74, 6) is -0.846. The minimum absolute atomic E-state index is 0.0568. The molecule has 3 aromatic rings. The van der Waals surface area contributed by atoms with Crippen molar-refractivity contribution >= 4 is 28.6 Å². The van der Waals surface area contributed by atoms with Gasteiger partial charge in [0.25, 0.3) is 5.91 Å². The lowest BCUT2D eigenvalue weighted by atomic mass is 10.2. The molecular weight excluding hydrogens is 313 g/mol. The van der Waals surface area contributed by atoms with E-state index in [2.05, 4.69) is 10.3 Å². The number of aryl methyl sites for hydroxylation is 1. The normalized spacial score (nSPS) is 10.4. The van der Waals surface area contributed by atoms with E-state index in [9.17, 15) is 9.18 Å². The van der Waals surface area contributed by atoms with Gasteiger partial charge in [-0.3, -0.25) is 10.0 Å².